The summed E-state index contributed by atoms with van der Waals surface area (Å²) in [6.07, 6.45) is 0. The van der Waals surface area contributed by atoms with E-state index < -0.39 is 5.41 Å². The molecule has 0 fully saturated rings. The van der Waals surface area contributed by atoms with E-state index >= 15 is 0 Å². The maximum atomic E-state index is 5.50. The van der Waals surface area contributed by atoms with E-state index in [0.717, 1.165) is 38.3 Å². The van der Waals surface area contributed by atoms with Crippen molar-refractivity contribution in [1.82, 2.24) is 19.5 Å². The molecule has 0 radical (unpaired) electrons. The molecule has 0 aliphatic heterocycles. The molecule has 3 heterocycles. The highest BCUT2D eigenvalue weighted by Gasteiger charge is 2.47. The van der Waals surface area contributed by atoms with Crippen molar-refractivity contribution in [3.8, 4) is 50.3 Å². The Hall–Kier alpha value is -7.47. The molecule has 59 heavy (non-hydrogen) atoms. The Labute approximate surface area is 345 Å². The Bertz CT molecular complexity index is 3270. The fraction of sp³-hybridized carbons (Fsp3) is 0.0185. The summed E-state index contributed by atoms with van der Waals surface area (Å²) in [5, 5.41) is 3.59. The first kappa shape index (κ1) is 33.6. The molecule has 12 rings (SSSR count). The highest BCUT2D eigenvalue weighted by Crippen LogP contribution is 2.58. The van der Waals surface area contributed by atoms with Crippen molar-refractivity contribution >= 4 is 43.2 Å². The summed E-state index contributed by atoms with van der Waals surface area (Å²) < 4.78 is 3.55. The summed E-state index contributed by atoms with van der Waals surface area (Å²) in [5.74, 6) is 1.92. The third-order valence-corrected chi connectivity index (χ3v) is 13.1. The molecule has 4 nitrogen and oxygen atoms in total. The molecule has 0 saturated carbocycles. The van der Waals surface area contributed by atoms with Crippen LogP contribution in [0.2, 0.25) is 0 Å². The summed E-state index contributed by atoms with van der Waals surface area (Å²) in [5.41, 5.74) is 11.9. The van der Waals surface area contributed by atoms with Crippen molar-refractivity contribution in [2.75, 3.05) is 0 Å². The van der Waals surface area contributed by atoms with Crippen LogP contribution in [0, 0.1) is 0 Å². The first-order chi connectivity index (χ1) is 29.3. The maximum Gasteiger partial charge on any atom is 0.174 e. The molecule has 0 N–H and O–H groups in total. The number of para-hydroxylation sites is 3. The normalized spacial score (nSPS) is 12.9. The fourth-order valence-electron chi connectivity index (χ4n) is 9.54. The van der Waals surface area contributed by atoms with Gasteiger partial charge in [0.05, 0.1) is 27.0 Å². The lowest BCUT2D eigenvalue weighted by Crippen LogP contribution is -2.28. The van der Waals surface area contributed by atoms with Gasteiger partial charge in [-0.25, -0.2) is 15.0 Å². The van der Waals surface area contributed by atoms with Crippen LogP contribution in [0.1, 0.15) is 22.3 Å². The zero-order valence-corrected chi connectivity index (χ0v) is 32.6. The zero-order chi connectivity index (χ0) is 38.9. The third-order valence-electron chi connectivity index (χ3n) is 12.0. The van der Waals surface area contributed by atoms with E-state index in [9.17, 15) is 0 Å². The zero-order valence-electron chi connectivity index (χ0n) is 31.8. The van der Waals surface area contributed by atoms with Gasteiger partial charge in [-0.3, -0.25) is 0 Å². The monoisotopic (exact) mass is 770 g/mol. The quantitative estimate of drug-likeness (QED) is 0.169. The molecule has 0 bridgehead atoms. The van der Waals surface area contributed by atoms with Crippen LogP contribution >= 0.6 is 11.3 Å². The molecule has 5 heteroatoms. The molecule has 1 aliphatic rings. The van der Waals surface area contributed by atoms with E-state index in [-0.39, 0.29) is 0 Å². The van der Waals surface area contributed by atoms with Crippen LogP contribution in [0.3, 0.4) is 0 Å². The molecule has 1 aliphatic carbocycles. The van der Waals surface area contributed by atoms with Gasteiger partial charge in [0.2, 0.25) is 0 Å². The predicted molar refractivity (Wildman–Crippen MR) is 243 cm³/mol. The van der Waals surface area contributed by atoms with Gasteiger partial charge in [-0.1, -0.05) is 170 Å². The molecule has 0 spiro atoms. The lowest BCUT2D eigenvalue weighted by molar-refractivity contribution is 0.768. The van der Waals surface area contributed by atoms with Crippen molar-refractivity contribution in [1.29, 1.82) is 0 Å². The highest BCUT2D eigenvalue weighted by molar-refractivity contribution is 7.22. The van der Waals surface area contributed by atoms with Gasteiger partial charge in [0, 0.05) is 26.6 Å². The van der Waals surface area contributed by atoms with Crippen LogP contribution in [0.25, 0.3) is 82.2 Å². The second-order valence-electron chi connectivity index (χ2n) is 15.1. The Morgan fingerprint density at radius 3 is 1.64 bits per heavy atom. The average Bonchev–Trinajstić information content (AvgIpc) is 3.99. The number of fused-ring (bicyclic) bond motifs is 7. The minimum Gasteiger partial charge on any atom is -0.309 e. The highest BCUT2D eigenvalue weighted by atomic mass is 32.1. The molecule has 0 unspecified atom stereocenters. The topological polar surface area (TPSA) is 43.6 Å². The van der Waals surface area contributed by atoms with E-state index in [1.54, 1.807) is 11.3 Å². The molecule has 3 aromatic heterocycles. The van der Waals surface area contributed by atoms with E-state index in [0.29, 0.717) is 17.5 Å². The summed E-state index contributed by atoms with van der Waals surface area (Å²) in [6, 6.07) is 73.8. The molecule has 8 aromatic carbocycles. The first-order valence-corrected chi connectivity index (χ1v) is 20.8. The Morgan fingerprint density at radius 1 is 0.407 bits per heavy atom. The van der Waals surface area contributed by atoms with E-state index in [1.807, 2.05) is 0 Å². The summed E-state index contributed by atoms with van der Waals surface area (Å²) >= 11 is 1.71. The lowest BCUT2D eigenvalue weighted by atomic mass is 9.67. The smallest absolute Gasteiger partial charge is 0.174 e. The van der Waals surface area contributed by atoms with Gasteiger partial charge in [0.1, 0.15) is 0 Å². The summed E-state index contributed by atoms with van der Waals surface area (Å²) in [4.78, 5) is 17.3. The van der Waals surface area contributed by atoms with Crippen molar-refractivity contribution in [3.05, 3.63) is 229 Å². The Kier molecular flexibility index (Phi) is 7.59. The minimum absolute atomic E-state index is 0.544. The number of hydrogen-bond donors (Lipinski definition) is 0. The predicted octanol–water partition coefficient (Wildman–Crippen LogP) is 13.5. The van der Waals surface area contributed by atoms with Crippen molar-refractivity contribution in [2.24, 2.45) is 0 Å². The molecule has 0 saturated heterocycles. The van der Waals surface area contributed by atoms with Gasteiger partial charge >= 0.3 is 0 Å². The first-order valence-electron chi connectivity index (χ1n) is 20.0. The fourth-order valence-corrected chi connectivity index (χ4v) is 10.5. The number of thiophene rings is 1. The van der Waals surface area contributed by atoms with Gasteiger partial charge in [0.25, 0.3) is 0 Å². The van der Waals surface area contributed by atoms with E-state index in [4.69, 9.17) is 15.0 Å². The number of rotatable bonds is 6. The van der Waals surface area contributed by atoms with Gasteiger partial charge in [-0.2, -0.15) is 0 Å². The second kappa shape index (κ2) is 13.3. The van der Waals surface area contributed by atoms with Gasteiger partial charge < -0.3 is 4.57 Å². The third kappa shape index (κ3) is 5.05. The second-order valence-corrected chi connectivity index (χ2v) is 16.2. The van der Waals surface area contributed by atoms with Crippen LogP contribution in [0.5, 0.6) is 0 Å². The van der Waals surface area contributed by atoms with Crippen molar-refractivity contribution in [2.45, 2.75) is 5.41 Å². The molecular formula is C54H34N4S. The Morgan fingerprint density at radius 2 is 0.932 bits per heavy atom. The minimum atomic E-state index is -0.544. The molecule has 276 valence electrons. The van der Waals surface area contributed by atoms with Crippen molar-refractivity contribution in [3.63, 3.8) is 0 Å². The summed E-state index contributed by atoms with van der Waals surface area (Å²) in [7, 11) is 0. The van der Waals surface area contributed by atoms with Crippen LogP contribution in [0.15, 0.2) is 206 Å². The molecule has 11 aromatic rings. The maximum absolute atomic E-state index is 5.50. The van der Waals surface area contributed by atoms with Crippen LogP contribution in [-0.2, 0) is 5.41 Å². The van der Waals surface area contributed by atoms with E-state index in [1.165, 1.54) is 48.7 Å². The van der Waals surface area contributed by atoms with Crippen LogP contribution < -0.4 is 0 Å². The largest absolute Gasteiger partial charge is 0.309 e. The summed E-state index contributed by atoms with van der Waals surface area (Å²) in [6.45, 7) is 0. The number of aromatic nitrogens is 4. The van der Waals surface area contributed by atoms with Gasteiger partial charge in [-0.05, 0) is 75.2 Å². The number of hydrogen-bond acceptors (Lipinski definition) is 4. The Balaban J connectivity index is 1.15. The number of nitrogens with zero attached hydrogens (tertiary/aromatic N) is 4. The van der Waals surface area contributed by atoms with Gasteiger partial charge in [0.15, 0.2) is 17.5 Å². The van der Waals surface area contributed by atoms with Crippen LogP contribution in [0.4, 0.5) is 0 Å². The van der Waals surface area contributed by atoms with Crippen LogP contribution in [-0.4, -0.2) is 19.5 Å². The average molecular weight is 771 g/mol. The van der Waals surface area contributed by atoms with Crippen molar-refractivity contribution < 1.29 is 0 Å². The SMILES string of the molecule is c1ccc(C2(c3ccccc3)c3ccccc3-c3c(-c4nc(-c5cc6ccccc6s5)nc(-c5ccccc5-n5c6ccccc6c6ccccc65)n4)cccc32)cc1. The molecular weight excluding hydrogens is 737 g/mol. The molecule has 0 atom stereocenters. The number of benzene rings is 8. The standard InChI is InChI=1S/C54H34N4S/c1-3-19-36(20-4-1)54(37-21-5-2-6-22-37)43-28-12-8-25-40(43)50-42(27-17-29-44(50)54)52-55-51(56-53(57-52)49-34-35-18-7-16-33-48(35)59-49)41-26-11-15-32-47(41)58-45-30-13-9-23-38(45)39-24-10-14-31-46(39)58/h1-34H. The van der Waals surface area contributed by atoms with E-state index in [2.05, 4.69) is 211 Å². The van der Waals surface area contributed by atoms with Gasteiger partial charge in [-0.15, -0.1) is 11.3 Å². The molecule has 0 amide bonds. The lowest BCUT2D eigenvalue weighted by Gasteiger charge is -2.33.